The maximum Gasteiger partial charge on any atom is 0.168 e. The number of fused-ring (bicyclic) bond motifs is 1. The molecule has 0 bridgehead atoms. The fourth-order valence-electron chi connectivity index (χ4n) is 1.23. The van der Waals surface area contributed by atoms with Crippen LogP contribution in [-0.4, -0.2) is 10.2 Å². The normalized spacial score (nSPS) is 10.8. The standard InChI is InChI=1S/C9H8O3/c1-5-9(11)8-6(10)3-2-4-7(8)12-5/h2-4,10-11H,1H3. The molecule has 2 N–H and O–H groups in total. The Balaban J connectivity index is 2.97. The van der Waals surface area contributed by atoms with Crippen LogP contribution in [-0.2, 0) is 0 Å². The molecule has 0 aliphatic rings. The molecule has 0 aliphatic carbocycles. The number of phenolic OH excluding ortho intramolecular Hbond substituents is 1. The summed E-state index contributed by atoms with van der Waals surface area (Å²) in [5, 5.41) is 19.2. The Kier molecular flexibility index (Phi) is 1.27. The van der Waals surface area contributed by atoms with Crippen molar-refractivity contribution in [1.82, 2.24) is 0 Å². The quantitative estimate of drug-likeness (QED) is 0.627. The van der Waals surface area contributed by atoms with E-state index in [4.69, 9.17) is 4.42 Å². The Morgan fingerprint density at radius 2 is 2.00 bits per heavy atom. The van der Waals surface area contributed by atoms with E-state index >= 15 is 0 Å². The van der Waals surface area contributed by atoms with Crippen molar-refractivity contribution in [2.24, 2.45) is 0 Å². The van der Waals surface area contributed by atoms with Gasteiger partial charge in [0.1, 0.15) is 22.5 Å². The SMILES string of the molecule is Cc1oc2cccc(O)c2c1O. The van der Waals surface area contributed by atoms with Gasteiger partial charge in [-0.25, -0.2) is 0 Å². The lowest BCUT2D eigenvalue weighted by molar-refractivity contribution is 0.447. The van der Waals surface area contributed by atoms with Crippen molar-refractivity contribution in [3.63, 3.8) is 0 Å². The molecule has 0 aliphatic heterocycles. The second-order valence-electron chi connectivity index (χ2n) is 2.66. The van der Waals surface area contributed by atoms with Gasteiger partial charge < -0.3 is 14.6 Å². The van der Waals surface area contributed by atoms with Crippen LogP contribution in [0.2, 0.25) is 0 Å². The van der Waals surface area contributed by atoms with Gasteiger partial charge in [-0.1, -0.05) is 6.07 Å². The molecular weight excluding hydrogens is 156 g/mol. The Bertz CT molecular complexity index is 429. The summed E-state index contributed by atoms with van der Waals surface area (Å²) in [5.41, 5.74) is 0.505. The van der Waals surface area contributed by atoms with E-state index in [1.165, 1.54) is 6.07 Å². The van der Waals surface area contributed by atoms with Crippen molar-refractivity contribution in [3.05, 3.63) is 24.0 Å². The van der Waals surface area contributed by atoms with Gasteiger partial charge in [0.2, 0.25) is 0 Å². The van der Waals surface area contributed by atoms with Gasteiger partial charge >= 0.3 is 0 Å². The van der Waals surface area contributed by atoms with Crippen molar-refractivity contribution in [1.29, 1.82) is 0 Å². The number of benzene rings is 1. The number of hydrogen-bond donors (Lipinski definition) is 2. The lowest BCUT2D eigenvalue weighted by atomic mass is 10.2. The Labute approximate surface area is 68.9 Å². The zero-order chi connectivity index (χ0) is 8.72. The number of hydrogen-bond acceptors (Lipinski definition) is 3. The minimum absolute atomic E-state index is 0.0168. The van der Waals surface area contributed by atoms with E-state index in [1.807, 2.05) is 0 Å². The van der Waals surface area contributed by atoms with Crippen molar-refractivity contribution in [2.75, 3.05) is 0 Å². The van der Waals surface area contributed by atoms with Gasteiger partial charge in [-0.15, -0.1) is 0 Å². The zero-order valence-electron chi connectivity index (χ0n) is 6.53. The molecule has 1 aromatic carbocycles. The molecule has 0 amide bonds. The van der Waals surface area contributed by atoms with E-state index < -0.39 is 0 Å². The van der Waals surface area contributed by atoms with Gasteiger partial charge in [0.15, 0.2) is 5.75 Å². The smallest absolute Gasteiger partial charge is 0.168 e. The molecule has 3 heteroatoms. The third-order valence-corrected chi connectivity index (χ3v) is 1.84. The van der Waals surface area contributed by atoms with Gasteiger partial charge in [-0.05, 0) is 19.1 Å². The average molecular weight is 164 g/mol. The Hall–Kier alpha value is -1.64. The van der Waals surface area contributed by atoms with Gasteiger partial charge in [-0.3, -0.25) is 0 Å². The van der Waals surface area contributed by atoms with E-state index in [0.29, 0.717) is 16.7 Å². The largest absolute Gasteiger partial charge is 0.507 e. The lowest BCUT2D eigenvalue weighted by Crippen LogP contribution is -1.66. The van der Waals surface area contributed by atoms with E-state index in [0.717, 1.165) is 0 Å². The highest BCUT2D eigenvalue weighted by Gasteiger charge is 2.12. The fraction of sp³-hybridized carbons (Fsp3) is 0.111. The van der Waals surface area contributed by atoms with E-state index in [-0.39, 0.29) is 11.5 Å². The maximum absolute atomic E-state index is 9.43. The first-order valence-corrected chi connectivity index (χ1v) is 3.60. The van der Waals surface area contributed by atoms with Crippen LogP contribution in [0.4, 0.5) is 0 Å². The van der Waals surface area contributed by atoms with Crippen LogP contribution in [0, 0.1) is 6.92 Å². The number of aromatic hydroxyl groups is 2. The topological polar surface area (TPSA) is 53.6 Å². The Morgan fingerprint density at radius 1 is 1.25 bits per heavy atom. The van der Waals surface area contributed by atoms with Crippen LogP contribution in [0.15, 0.2) is 22.6 Å². The van der Waals surface area contributed by atoms with Crippen LogP contribution in [0.3, 0.4) is 0 Å². The number of aryl methyl sites for hydroxylation is 1. The number of phenols is 1. The molecule has 0 saturated heterocycles. The van der Waals surface area contributed by atoms with Crippen molar-refractivity contribution >= 4 is 11.0 Å². The lowest BCUT2D eigenvalue weighted by Gasteiger charge is -1.91. The maximum atomic E-state index is 9.43. The average Bonchev–Trinajstić information content (AvgIpc) is 2.29. The summed E-state index contributed by atoms with van der Waals surface area (Å²) in [6.07, 6.45) is 0. The highest BCUT2D eigenvalue weighted by molar-refractivity contribution is 5.90. The molecule has 0 saturated carbocycles. The molecule has 1 aromatic heterocycles. The van der Waals surface area contributed by atoms with Gasteiger partial charge in [0.25, 0.3) is 0 Å². The van der Waals surface area contributed by atoms with E-state index in [2.05, 4.69) is 0 Å². The van der Waals surface area contributed by atoms with Crippen molar-refractivity contribution in [2.45, 2.75) is 6.92 Å². The molecule has 0 fully saturated rings. The highest BCUT2D eigenvalue weighted by atomic mass is 16.4. The zero-order valence-corrected chi connectivity index (χ0v) is 6.53. The van der Waals surface area contributed by atoms with Gasteiger partial charge in [-0.2, -0.15) is 0 Å². The molecule has 2 rings (SSSR count). The second kappa shape index (κ2) is 2.17. The van der Waals surface area contributed by atoms with Crippen LogP contribution >= 0.6 is 0 Å². The predicted octanol–water partition coefficient (Wildman–Crippen LogP) is 2.15. The van der Waals surface area contributed by atoms with Crippen LogP contribution in [0.5, 0.6) is 11.5 Å². The van der Waals surface area contributed by atoms with E-state index in [1.54, 1.807) is 19.1 Å². The summed E-state index contributed by atoms with van der Waals surface area (Å²) in [6.45, 7) is 1.65. The molecule has 62 valence electrons. The first-order valence-electron chi connectivity index (χ1n) is 3.60. The molecule has 0 unspecified atom stereocenters. The monoisotopic (exact) mass is 164 g/mol. The summed E-state index contributed by atoms with van der Waals surface area (Å²) < 4.78 is 5.17. The van der Waals surface area contributed by atoms with Crippen molar-refractivity contribution in [3.8, 4) is 11.5 Å². The summed E-state index contributed by atoms with van der Waals surface area (Å²) in [7, 11) is 0. The van der Waals surface area contributed by atoms with Crippen LogP contribution in [0.25, 0.3) is 11.0 Å². The first kappa shape index (κ1) is 7.03. The molecule has 3 nitrogen and oxygen atoms in total. The third-order valence-electron chi connectivity index (χ3n) is 1.84. The Morgan fingerprint density at radius 3 is 2.67 bits per heavy atom. The molecule has 1 heterocycles. The summed E-state index contributed by atoms with van der Waals surface area (Å²) in [6, 6.07) is 4.87. The molecule has 12 heavy (non-hydrogen) atoms. The van der Waals surface area contributed by atoms with Gasteiger partial charge in [0, 0.05) is 0 Å². The summed E-state index contributed by atoms with van der Waals surface area (Å²) in [5.74, 6) is 0.483. The van der Waals surface area contributed by atoms with E-state index in [9.17, 15) is 10.2 Å². The van der Waals surface area contributed by atoms with Crippen LogP contribution in [0.1, 0.15) is 5.76 Å². The fourth-order valence-corrected chi connectivity index (χ4v) is 1.23. The minimum Gasteiger partial charge on any atom is -0.507 e. The first-order chi connectivity index (χ1) is 5.70. The summed E-state index contributed by atoms with van der Waals surface area (Å²) >= 11 is 0. The predicted molar refractivity (Wildman–Crippen MR) is 44.3 cm³/mol. The number of rotatable bonds is 0. The molecule has 0 spiro atoms. The molecular formula is C9H8O3. The molecule has 0 atom stereocenters. The van der Waals surface area contributed by atoms with Gasteiger partial charge in [0.05, 0.1) is 0 Å². The molecule has 0 radical (unpaired) electrons. The number of furan rings is 1. The van der Waals surface area contributed by atoms with Crippen molar-refractivity contribution < 1.29 is 14.6 Å². The second-order valence-corrected chi connectivity index (χ2v) is 2.66. The third kappa shape index (κ3) is 0.763. The van der Waals surface area contributed by atoms with Crippen LogP contribution < -0.4 is 0 Å². The minimum atomic E-state index is 0.0168. The summed E-state index contributed by atoms with van der Waals surface area (Å²) in [4.78, 5) is 0. The highest BCUT2D eigenvalue weighted by Crippen LogP contribution is 2.36. The molecule has 2 aromatic rings.